The van der Waals surface area contributed by atoms with Crippen molar-refractivity contribution in [1.82, 2.24) is 0 Å². The minimum atomic E-state index is -6.22. The molecule has 0 amide bonds. The Kier molecular flexibility index (Phi) is 3.36. The molecule has 0 N–H and O–H groups in total. The maximum Gasteiger partial charge on any atom is 0.450 e. The second-order valence-corrected chi connectivity index (χ2v) is 3.14. The minimum Gasteiger partial charge on any atom is -0.289 e. The molecule has 0 heterocycles. The van der Waals surface area contributed by atoms with Crippen molar-refractivity contribution in [2.45, 2.75) is 12.6 Å². The van der Waals surface area contributed by atoms with Crippen LogP contribution in [0, 0.1) is 0 Å². The maximum atomic E-state index is 11.4. The predicted octanol–water partition coefficient (Wildman–Crippen LogP) is 2.49. The van der Waals surface area contributed by atoms with Gasteiger partial charge in [-0.05, 0) is 0 Å². The van der Waals surface area contributed by atoms with Gasteiger partial charge < -0.3 is 0 Å². The smallest absolute Gasteiger partial charge is 0.289 e. The summed E-state index contributed by atoms with van der Waals surface area (Å²) in [6, 6.07) is 0. The molecule has 0 saturated carbocycles. The molecule has 0 spiro atoms. The fourth-order valence-electron chi connectivity index (χ4n) is 0.313. The van der Waals surface area contributed by atoms with Gasteiger partial charge in [-0.1, -0.05) is 0 Å². The van der Waals surface area contributed by atoms with Crippen LogP contribution in [-0.2, 0) is 9.59 Å². The largest absolute Gasteiger partial charge is 0.450 e. The van der Waals surface area contributed by atoms with E-state index in [0.29, 0.717) is 0 Å². The zero-order valence-electron chi connectivity index (χ0n) is 5.70. The Balaban J connectivity index is 4.34. The van der Waals surface area contributed by atoms with Gasteiger partial charge in [-0.3, -0.25) is 9.59 Å². The van der Waals surface area contributed by atoms with Gasteiger partial charge in [0.15, 0.2) is 0 Å². The van der Waals surface area contributed by atoms with Gasteiger partial charge >= 0.3 is 6.18 Å². The number of Topliss-reactive ketones (excluding diaryl/α,β-unsaturated/α-hetero) is 1. The molecule has 0 bridgehead atoms. The Morgan fingerprint density at radius 3 is 1.69 bits per heavy atom. The normalized spacial score (nSPS) is 14.0. The third kappa shape index (κ3) is 4.15. The molecule has 0 aliphatic heterocycles. The molecule has 0 aromatic heterocycles. The zero-order chi connectivity index (χ0) is 10.9. The first-order valence-corrected chi connectivity index (χ1v) is 3.93. The Morgan fingerprint density at radius 2 is 1.46 bits per heavy atom. The first-order valence-electron chi connectivity index (χ1n) is 2.60. The van der Waals surface area contributed by atoms with E-state index in [2.05, 4.69) is 0 Å². The molecule has 0 saturated heterocycles. The molecule has 0 aromatic rings. The SMILES string of the molecule is O=C(CC(=O)S(F)(F)F)C(F)(F)F. The first kappa shape index (κ1) is 12.3. The van der Waals surface area contributed by atoms with Crippen LogP contribution in [-0.4, -0.2) is 17.1 Å². The molecule has 0 aromatic carbocycles. The second-order valence-electron chi connectivity index (χ2n) is 1.88. The van der Waals surface area contributed by atoms with Gasteiger partial charge in [0, 0.05) is 0 Å². The van der Waals surface area contributed by atoms with Crippen LogP contribution in [0.5, 0.6) is 0 Å². The molecule has 0 atom stereocenters. The summed E-state index contributed by atoms with van der Waals surface area (Å²) in [4.78, 5) is 19.8. The Morgan fingerprint density at radius 1 is 1.08 bits per heavy atom. The second kappa shape index (κ2) is 3.56. The van der Waals surface area contributed by atoms with Gasteiger partial charge in [-0.15, -0.1) is 11.7 Å². The Hall–Kier alpha value is -0.730. The molecular weight excluding hydrogens is 226 g/mol. The molecule has 0 fully saturated rings. The van der Waals surface area contributed by atoms with Crippen molar-refractivity contribution in [3.05, 3.63) is 0 Å². The van der Waals surface area contributed by atoms with Crippen LogP contribution in [0.2, 0.25) is 0 Å². The molecule has 78 valence electrons. The average Bonchev–Trinajstić information content (AvgIpc) is 1.82. The van der Waals surface area contributed by atoms with E-state index in [9.17, 15) is 34.4 Å². The van der Waals surface area contributed by atoms with Gasteiger partial charge in [-0.25, -0.2) is 0 Å². The van der Waals surface area contributed by atoms with E-state index in [0.717, 1.165) is 0 Å². The van der Waals surface area contributed by atoms with Crippen molar-refractivity contribution in [2.24, 2.45) is 0 Å². The van der Waals surface area contributed by atoms with E-state index < -0.39 is 34.7 Å². The minimum absolute atomic E-state index is 2.15. The standard InChI is InChI=1S/C4H2F6O2S/c5-4(6,7)2(11)1-3(12)13(8,9)10/h1H2. The number of rotatable bonds is 2. The summed E-state index contributed by atoms with van der Waals surface area (Å²) in [5, 5.41) is -2.62. The lowest BCUT2D eigenvalue weighted by molar-refractivity contribution is -0.171. The van der Waals surface area contributed by atoms with Crippen LogP contribution in [0.4, 0.5) is 24.8 Å². The van der Waals surface area contributed by atoms with Crippen molar-refractivity contribution < 1.29 is 34.4 Å². The van der Waals surface area contributed by atoms with Crippen molar-refractivity contribution in [3.63, 3.8) is 0 Å². The highest BCUT2D eigenvalue weighted by atomic mass is 32.3. The fraction of sp³-hybridized carbons (Fsp3) is 0.500. The molecular formula is C4H2F6O2S. The summed E-state index contributed by atoms with van der Waals surface area (Å²) >= 11 is -6.22. The van der Waals surface area contributed by atoms with Gasteiger partial charge in [0.25, 0.3) is 16.3 Å². The molecule has 0 aliphatic carbocycles. The quantitative estimate of drug-likeness (QED) is 0.537. The van der Waals surface area contributed by atoms with Crippen molar-refractivity contribution in [1.29, 1.82) is 0 Å². The fourth-order valence-corrected chi connectivity index (χ4v) is 0.608. The molecule has 2 nitrogen and oxygen atoms in total. The highest BCUT2D eigenvalue weighted by Crippen LogP contribution is 2.54. The monoisotopic (exact) mass is 228 g/mol. The van der Waals surface area contributed by atoms with Crippen molar-refractivity contribution in [2.75, 3.05) is 0 Å². The van der Waals surface area contributed by atoms with Crippen LogP contribution >= 0.6 is 11.2 Å². The predicted molar refractivity (Wildman–Crippen MR) is 31.6 cm³/mol. The van der Waals surface area contributed by atoms with E-state index in [1.807, 2.05) is 0 Å². The Bertz CT molecular complexity index is 204. The van der Waals surface area contributed by atoms with E-state index >= 15 is 0 Å². The number of carbonyl (C=O) groups excluding carboxylic acids is 2. The summed E-state index contributed by atoms with van der Waals surface area (Å²) in [7, 11) is 0. The summed E-state index contributed by atoms with van der Waals surface area (Å²) in [5.74, 6) is -2.68. The molecule has 13 heavy (non-hydrogen) atoms. The lowest BCUT2D eigenvalue weighted by Crippen LogP contribution is -2.25. The summed E-state index contributed by atoms with van der Waals surface area (Å²) in [6.45, 7) is 0. The number of hydrogen-bond donors (Lipinski definition) is 0. The van der Waals surface area contributed by atoms with Gasteiger partial charge in [0.05, 0.1) is 6.42 Å². The lowest BCUT2D eigenvalue weighted by atomic mass is 10.3. The highest BCUT2D eigenvalue weighted by Gasteiger charge is 2.43. The number of carbonyl (C=O) groups is 2. The van der Waals surface area contributed by atoms with E-state index in [1.165, 1.54) is 0 Å². The van der Waals surface area contributed by atoms with Crippen LogP contribution in [0.1, 0.15) is 6.42 Å². The number of halogens is 6. The molecule has 0 unspecified atom stereocenters. The lowest BCUT2D eigenvalue weighted by Gasteiger charge is -2.08. The highest BCUT2D eigenvalue weighted by molar-refractivity contribution is 8.33. The van der Waals surface area contributed by atoms with Crippen LogP contribution in [0.25, 0.3) is 0 Å². The third-order valence-electron chi connectivity index (χ3n) is 0.879. The molecule has 0 aliphatic rings. The zero-order valence-corrected chi connectivity index (χ0v) is 6.52. The average molecular weight is 228 g/mol. The summed E-state index contributed by atoms with van der Waals surface area (Å²) < 4.78 is 68.2. The first-order chi connectivity index (χ1) is 5.55. The molecule has 0 radical (unpaired) electrons. The van der Waals surface area contributed by atoms with Crippen molar-refractivity contribution in [3.8, 4) is 0 Å². The van der Waals surface area contributed by atoms with E-state index in [4.69, 9.17) is 0 Å². The van der Waals surface area contributed by atoms with E-state index in [1.54, 1.807) is 0 Å². The van der Waals surface area contributed by atoms with Crippen LogP contribution in [0.15, 0.2) is 0 Å². The van der Waals surface area contributed by atoms with Gasteiger partial charge in [0.2, 0.25) is 5.78 Å². The number of hydrogen-bond acceptors (Lipinski definition) is 2. The topological polar surface area (TPSA) is 34.1 Å². The number of alkyl halides is 3. The Labute approximate surface area is 70.1 Å². The van der Waals surface area contributed by atoms with Crippen molar-refractivity contribution >= 4 is 22.1 Å². The molecule has 0 rings (SSSR count). The van der Waals surface area contributed by atoms with Gasteiger partial charge in [0.1, 0.15) is 0 Å². The summed E-state index contributed by atoms with van der Waals surface area (Å²) in [5.41, 5.74) is 0. The van der Waals surface area contributed by atoms with E-state index in [-0.39, 0.29) is 0 Å². The maximum absolute atomic E-state index is 11.4. The number of ketones is 1. The molecule has 9 heteroatoms. The summed E-state index contributed by atoms with van der Waals surface area (Å²) in [6.07, 6.45) is -7.54. The van der Waals surface area contributed by atoms with Gasteiger partial charge in [-0.2, -0.15) is 13.2 Å². The van der Waals surface area contributed by atoms with Crippen LogP contribution < -0.4 is 0 Å². The third-order valence-corrected chi connectivity index (χ3v) is 1.54. The van der Waals surface area contributed by atoms with Crippen LogP contribution in [0.3, 0.4) is 0 Å².